The van der Waals surface area contributed by atoms with E-state index in [0.717, 1.165) is 16.5 Å². The van der Waals surface area contributed by atoms with Gasteiger partial charge in [-0.15, -0.1) is 0 Å². The van der Waals surface area contributed by atoms with Gasteiger partial charge in [0.2, 0.25) is 17.7 Å². The molecule has 0 spiro atoms. The summed E-state index contributed by atoms with van der Waals surface area (Å²) in [6.07, 6.45) is 4.24. The van der Waals surface area contributed by atoms with Crippen molar-refractivity contribution < 1.29 is 24.0 Å². The van der Waals surface area contributed by atoms with Gasteiger partial charge in [0.1, 0.15) is 11.7 Å². The number of carbonyl (C=O) groups is 5. The fraction of sp³-hybridized carbons (Fsp3) is 0.160. The third-order valence-electron chi connectivity index (χ3n) is 5.49. The lowest BCUT2D eigenvalue weighted by molar-refractivity contribution is -0.149. The summed E-state index contributed by atoms with van der Waals surface area (Å²) in [6, 6.07) is 11.0. The molecule has 2 aliphatic heterocycles. The molecule has 0 aliphatic carbocycles. The molecule has 2 aromatic rings. The highest BCUT2D eigenvalue weighted by Crippen LogP contribution is 2.24. The summed E-state index contributed by atoms with van der Waals surface area (Å²) in [6.45, 7) is 1.84. The van der Waals surface area contributed by atoms with Crippen LogP contribution in [0.25, 0.3) is 6.08 Å². The van der Waals surface area contributed by atoms with E-state index in [1.54, 1.807) is 48.5 Å². The average molecular weight is 493 g/mol. The largest absolute Gasteiger partial charge is 0.351 e. The SMILES string of the molecule is Cc1cc(NC(=O)/C=C/c2cccc(NC3=CC(=O)N(C4CCC(=O)NC4=O)C3=O)c2)ccc1Cl. The molecule has 178 valence electrons. The molecule has 10 heteroatoms. The molecule has 1 atom stereocenters. The maximum absolute atomic E-state index is 12.8. The van der Waals surface area contributed by atoms with Crippen LogP contribution in [0, 0.1) is 6.92 Å². The third-order valence-corrected chi connectivity index (χ3v) is 5.92. The first kappa shape index (κ1) is 23.9. The van der Waals surface area contributed by atoms with Gasteiger partial charge in [-0.1, -0.05) is 23.7 Å². The summed E-state index contributed by atoms with van der Waals surface area (Å²) in [5.74, 6) is -2.71. The summed E-state index contributed by atoms with van der Waals surface area (Å²) >= 11 is 6.00. The van der Waals surface area contributed by atoms with Crippen molar-refractivity contribution in [2.45, 2.75) is 25.8 Å². The van der Waals surface area contributed by atoms with E-state index in [1.807, 2.05) is 6.92 Å². The fourth-order valence-corrected chi connectivity index (χ4v) is 3.87. The molecule has 0 bridgehead atoms. The van der Waals surface area contributed by atoms with Crippen LogP contribution < -0.4 is 16.0 Å². The minimum absolute atomic E-state index is 0.0108. The van der Waals surface area contributed by atoms with Crippen LogP contribution in [-0.2, 0) is 24.0 Å². The Hall–Kier alpha value is -4.24. The predicted octanol–water partition coefficient (Wildman–Crippen LogP) is 2.77. The van der Waals surface area contributed by atoms with Gasteiger partial charge in [0, 0.05) is 35.0 Å². The molecule has 2 heterocycles. The lowest BCUT2D eigenvalue weighted by atomic mass is 10.0. The first-order valence-corrected chi connectivity index (χ1v) is 11.1. The van der Waals surface area contributed by atoms with E-state index in [9.17, 15) is 24.0 Å². The van der Waals surface area contributed by atoms with Crippen molar-refractivity contribution in [3.63, 3.8) is 0 Å². The Kier molecular flexibility index (Phi) is 6.79. The molecule has 1 saturated heterocycles. The molecule has 4 rings (SSSR count). The molecule has 5 amide bonds. The van der Waals surface area contributed by atoms with Gasteiger partial charge in [-0.3, -0.25) is 34.2 Å². The summed E-state index contributed by atoms with van der Waals surface area (Å²) in [7, 11) is 0. The summed E-state index contributed by atoms with van der Waals surface area (Å²) in [4.78, 5) is 61.8. The van der Waals surface area contributed by atoms with Crippen molar-refractivity contribution in [1.82, 2.24) is 10.2 Å². The number of amides is 5. The van der Waals surface area contributed by atoms with Crippen molar-refractivity contribution in [1.29, 1.82) is 0 Å². The number of nitrogens with zero attached hydrogens (tertiary/aromatic N) is 1. The van der Waals surface area contributed by atoms with Gasteiger partial charge in [-0.2, -0.15) is 0 Å². The number of hydrogen-bond donors (Lipinski definition) is 3. The second-order valence-corrected chi connectivity index (χ2v) is 8.48. The van der Waals surface area contributed by atoms with E-state index in [-0.39, 0.29) is 24.4 Å². The van der Waals surface area contributed by atoms with E-state index in [4.69, 9.17) is 11.6 Å². The number of benzene rings is 2. The number of anilines is 2. The van der Waals surface area contributed by atoms with Crippen LogP contribution in [-0.4, -0.2) is 40.5 Å². The van der Waals surface area contributed by atoms with E-state index >= 15 is 0 Å². The van der Waals surface area contributed by atoms with Crippen LogP contribution >= 0.6 is 11.6 Å². The van der Waals surface area contributed by atoms with Crippen molar-refractivity contribution in [3.8, 4) is 0 Å². The van der Waals surface area contributed by atoms with Crippen LogP contribution in [0.3, 0.4) is 0 Å². The van der Waals surface area contributed by atoms with Gasteiger partial charge >= 0.3 is 0 Å². The Balaban J connectivity index is 1.40. The number of imide groups is 2. The van der Waals surface area contributed by atoms with E-state index < -0.39 is 29.7 Å². The van der Waals surface area contributed by atoms with E-state index in [1.165, 1.54) is 6.08 Å². The Bertz CT molecular complexity index is 1320. The molecular weight excluding hydrogens is 472 g/mol. The van der Waals surface area contributed by atoms with Crippen LogP contribution in [0.15, 0.2) is 60.3 Å². The molecule has 1 unspecified atom stereocenters. The summed E-state index contributed by atoms with van der Waals surface area (Å²) in [5, 5.41) is 8.41. The first-order valence-electron chi connectivity index (χ1n) is 10.8. The number of piperidine rings is 1. The maximum Gasteiger partial charge on any atom is 0.278 e. The lowest BCUT2D eigenvalue weighted by Crippen LogP contribution is -2.54. The minimum Gasteiger partial charge on any atom is -0.351 e. The number of halogens is 1. The van der Waals surface area contributed by atoms with Gasteiger partial charge in [-0.25, -0.2) is 0 Å². The predicted molar refractivity (Wildman–Crippen MR) is 130 cm³/mol. The molecule has 0 aromatic heterocycles. The highest BCUT2D eigenvalue weighted by Gasteiger charge is 2.42. The van der Waals surface area contributed by atoms with Crippen LogP contribution in [0.1, 0.15) is 24.0 Å². The second-order valence-electron chi connectivity index (χ2n) is 8.08. The number of hydrogen-bond acceptors (Lipinski definition) is 6. The second kappa shape index (κ2) is 9.94. The molecule has 2 aromatic carbocycles. The van der Waals surface area contributed by atoms with Gasteiger partial charge < -0.3 is 10.6 Å². The van der Waals surface area contributed by atoms with Gasteiger partial charge in [0.25, 0.3) is 11.8 Å². The molecular formula is C25H21ClN4O5. The highest BCUT2D eigenvalue weighted by molar-refractivity contribution is 6.31. The normalized spacial score (nSPS) is 18.1. The van der Waals surface area contributed by atoms with Gasteiger partial charge in [0.05, 0.1) is 0 Å². The van der Waals surface area contributed by atoms with Crippen LogP contribution in [0.5, 0.6) is 0 Å². The standard InChI is InChI=1S/C25H21ClN4O5/c1-14-11-17(6-7-18(14)26)28-21(31)9-5-15-3-2-4-16(12-15)27-19-13-23(33)30(25(19)35)20-8-10-22(32)29-24(20)34/h2-7,9,11-13,20,27H,8,10H2,1H3,(H,28,31)(H,29,32,34)/b9-5+. The molecule has 3 N–H and O–H groups in total. The monoisotopic (exact) mass is 492 g/mol. The maximum atomic E-state index is 12.8. The summed E-state index contributed by atoms with van der Waals surface area (Å²) in [5.41, 5.74) is 2.67. The van der Waals surface area contributed by atoms with Gasteiger partial charge in [0.15, 0.2) is 0 Å². The molecule has 1 fully saturated rings. The molecule has 0 saturated carbocycles. The smallest absolute Gasteiger partial charge is 0.278 e. The number of aryl methyl sites for hydroxylation is 1. The fourth-order valence-electron chi connectivity index (χ4n) is 3.75. The zero-order valence-corrected chi connectivity index (χ0v) is 19.4. The Morgan fingerprint density at radius 1 is 1.11 bits per heavy atom. The van der Waals surface area contributed by atoms with E-state index in [0.29, 0.717) is 22.0 Å². The minimum atomic E-state index is -1.03. The zero-order chi connectivity index (χ0) is 25.1. The quantitative estimate of drug-likeness (QED) is 0.420. The molecule has 0 radical (unpaired) electrons. The average Bonchev–Trinajstić information content (AvgIpc) is 3.08. The Labute approximate surface area is 205 Å². The molecule has 35 heavy (non-hydrogen) atoms. The van der Waals surface area contributed by atoms with Crippen molar-refractivity contribution in [3.05, 3.63) is 76.5 Å². The zero-order valence-electron chi connectivity index (χ0n) is 18.6. The number of rotatable bonds is 6. The van der Waals surface area contributed by atoms with Crippen LogP contribution in [0.4, 0.5) is 11.4 Å². The van der Waals surface area contributed by atoms with Crippen molar-refractivity contribution in [2.24, 2.45) is 0 Å². The lowest BCUT2D eigenvalue weighted by Gasteiger charge is -2.28. The van der Waals surface area contributed by atoms with Gasteiger partial charge in [-0.05, 0) is 60.9 Å². The topological polar surface area (TPSA) is 125 Å². The van der Waals surface area contributed by atoms with E-state index in [2.05, 4.69) is 16.0 Å². The number of nitrogens with one attached hydrogen (secondary N) is 3. The highest BCUT2D eigenvalue weighted by atomic mass is 35.5. The molecule has 2 aliphatic rings. The van der Waals surface area contributed by atoms with Crippen molar-refractivity contribution >= 4 is 58.6 Å². The Morgan fingerprint density at radius 2 is 1.91 bits per heavy atom. The number of carbonyl (C=O) groups excluding carboxylic acids is 5. The Morgan fingerprint density at radius 3 is 2.66 bits per heavy atom. The summed E-state index contributed by atoms with van der Waals surface area (Å²) < 4.78 is 0. The first-order chi connectivity index (χ1) is 16.7. The van der Waals surface area contributed by atoms with Crippen molar-refractivity contribution in [2.75, 3.05) is 10.6 Å². The third kappa shape index (κ3) is 5.47. The van der Waals surface area contributed by atoms with Crippen LogP contribution in [0.2, 0.25) is 5.02 Å². The molecule has 9 nitrogen and oxygen atoms in total.